The molecular formula is C11H13ClFN. The summed E-state index contributed by atoms with van der Waals surface area (Å²) in [6.45, 7) is 0.0810. The van der Waals surface area contributed by atoms with Crippen LogP contribution in [0.4, 0.5) is 4.39 Å². The fourth-order valence-corrected chi connectivity index (χ4v) is 2.23. The van der Waals surface area contributed by atoms with Crippen LogP contribution in [0, 0.1) is 0 Å². The number of aryl methyl sites for hydroxylation is 1. The molecule has 1 aromatic rings. The molecule has 14 heavy (non-hydrogen) atoms. The fraction of sp³-hybridized carbons (Fsp3) is 0.455. The van der Waals surface area contributed by atoms with Crippen LogP contribution < -0.4 is 5.73 Å². The normalized spacial score (nSPS) is 25.9. The number of rotatable bonds is 1. The Balaban J connectivity index is 2.38. The Morgan fingerprint density at radius 2 is 2.29 bits per heavy atom. The monoisotopic (exact) mass is 213 g/mol. The fourth-order valence-electron chi connectivity index (χ4n) is 1.97. The number of nitrogens with two attached hydrogens (primary N) is 1. The van der Waals surface area contributed by atoms with Crippen LogP contribution in [0.2, 0.25) is 5.02 Å². The van der Waals surface area contributed by atoms with Crippen molar-refractivity contribution in [2.24, 2.45) is 5.73 Å². The second-order valence-corrected chi connectivity index (χ2v) is 4.32. The maximum atomic E-state index is 14.0. The molecule has 1 aliphatic carbocycles. The third kappa shape index (κ3) is 1.64. The summed E-state index contributed by atoms with van der Waals surface area (Å²) in [7, 11) is 0. The molecule has 3 heteroatoms. The van der Waals surface area contributed by atoms with E-state index in [-0.39, 0.29) is 6.54 Å². The van der Waals surface area contributed by atoms with Crippen LogP contribution in [0.25, 0.3) is 0 Å². The molecule has 1 aliphatic rings. The second-order valence-electron chi connectivity index (χ2n) is 3.91. The van der Waals surface area contributed by atoms with Crippen molar-refractivity contribution in [3.63, 3.8) is 0 Å². The number of fused-ring (bicyclic) bond motifs is 1. The largest absolute Gasteiger partial charge is 0.328 e. The van der Waals surface area contributed by atoms with Crippen molar-refractivity contribution in [3.8, 4) is 0 Å². The summed E-state index contributed by atoms with van der Waals surface area (Å²) < 4.78 is 14.0. The van der Waals surface area contributed by atoms with Gasteiger partial charge in [0.25, 0.3) is 0 Å². The van der Waals surface area contributed by atoms with Crippen molar-refractivity contribution in [1.29, 1.82) is 0 Å². The van der Waals surface area contributed by atoms with Crippen LogP contribution in [0.3, 0.4) is 0 Å². The Kier molecular flexibility index (Phi) is 2.50. The zero-order valence-corrected chi connectivity index (χ0v) is 8.65. The van der Waals surface area contributed by atoms with E-state index < -0.39 is 5.67 Å². The van der Waals surface area contributed by atoms with E-state index in [0.29, 0.717) is 17.9 Å². The van der Waals surface area contributed by atoms with Crippen molar-refractivity contribution >= 4 is 11.6 Å². The van der Waals surface area contributed by atoms with Gasteiger partial charge in [0.05, 0.1) is 0 Å². The number of hydrogen-bond acceptors (Lipinski definition) is 1. The van der Waals surface area contributed by atoms with E-state index in [1.807, 2.05) is 18.2 Å². The summed E-state index contributed by atoms with van der Waals surface area (Å²) in [5.41, 5.74) is 6.28. The van der Waals surface area contributed by atoms with E-state index in [0.717, 1.165) is 12.0 Å². The molecule has 0 bridgehead atoms. The van der Waals surface area contributed by atoms with E-state index in [4.69, 9.17) is 17.3 Å². The topological polar surface area (TPSA) is 26.0 Å². The minimum atomic E-state index is -1.25. The van der Waals surface area contributed by atoms with E-state index >= 15 is 0 Å². The molecule has 0 radical (unpaired) electrons. The molecule has 76 valence electrons. The Bertz CT molecular complexity index is 353. The lowest BCUT2D eigenvalue weighted by Gasteiger charge is -2.30. The zero-order chi connectivity index (χ0) is 10.2. The maximum absolute atomic E-state index is 14.0. The first-order valence-corrected chi connectivity index (χ1v) is 5.18. The Labute approximate surface area is 88.1 Å². The molecule has 0 saturated heterocycles. The molecule has 0 amide bonds. The van der Waals surface area contributed by atoms with Crippen molar-refractivity contribution in [3.05, 3.63) is 34.3 Å². The van der Waals surface area contributed by atoms with Gasteiger partial charge in [0.15, 0.2) is 0 Å². The highest BCUT2D eigenvalue weighted by Crippen LogP contribution is 2.34. The lowest BCUT2D eigenvalue weighted by molar-refractivity contribution is 0.152. The average Bonchev–Trinajstić information content (AvgIpc) is 2.20. The van der Waals surface area contributed by atoms with Crippen LogP contribution in [0.1, 0.15) is 17.5 Å². The van der Waals surface area contributed by atoms with Gasteiger partial charge in [0, 0.05) is 18.0 Å². The highest BCUT2D eigenvalue weighted by Gasteiger charge is 2.33. The standard InChI is InChI=1S/C11H13ClFN/c12-10-3-1-2-8-4-5-11(13,7-14)6-9(8)10/h1-3H,4-7,14H2. The molecular weight excluding hydrogens is 201 g/mol. The number of benzene rings is 1. The summed E-state index contributed by atoms with van der Waals surface area (Å²) in [4.78, 5) is 0. The first kappa shape index (κ1) is 9.94. The molecule has 0 spiro atoms. The molecule has 1 unspecified atom stereocenters. The zero-order valence-electron chi connectivity index (χ0n) is 7.89. The van der Waals surface area contributed by atoms with Gasteiger partial charge in [-0.15, -0.1) is 0 Å². The number of hydrogen-bond donors (Lipinski definition) is 1. The molecule has 0 saturated carbocycles. The first-order valence-electron chi connectivity index (χ1n) is 4.80. The summed E-state index contributed by atoms with van der Waals surface area (Å²) in [5.74, 6) is 0. The van der Waals surface area contributed by atoms with Gasteiger partial charge >= 0.3 is 0 Å². The molecule has 2 rings (SSSR count). The predicted molar refractivity (Wildman–Crippen MR) is 56.4 cm³/mol. The number of halogens is 2. The molecule has 1 atom stereocenters. The van der Waals surface area contributed by atoms with Crippen LogP contribution in [-0.2, 0) is 12.8 Å². The molecule has 0 aliphatic heterocycles. The highest BCUT2D eigenvalue weighted by molar-refractivity contribution is 6.31. The van der Waals surface area contributed by atoms with Gasteiger partial charge in [-0.25, -0.2) is 4.39 Å². The van der Waals surface area contributed by atoms with E-state index in [2.05, 4.69) is 0 Å². The molecule has 2 N–H and O–H groups in total. The lowest BCUT2D eigenvalue weighted by atomic mass is 9.82. The summed E-state index contributed by atoms with van der Waals surface area (Å²) >= 11 is 6.02. The minimum Gasteiger partial charge on any atom is -0.328 e. The van der Waals surface area contributed by atoms with E-state index in [1.54, 1.807) is 0 Å². The van der Waals surface area contributed by atoms with Gasteiger partial charge in [-0.3, -0.25) is 0 Å². The molecule has 1 aromatic carbocycles. The quantitative estimate of drug-likeness (QED) is 0.762. The summed E-state index contributed by atoms with van der Waals surface area (Å²) in [6.07, 6.45) is 1.61. The van der Waals surface area contributed by atoms with Crippen molar-refractivity contribution in [2.45, 2.75) is 24.9 Å². The van der Waals surface area contributed by atoms with Gasteiger partial charge in [0.1, 0.15) is 5.67 Å². The van der Waals surface area contributed by atoms with Crippen molar-refractivity contribution < 1.29 is 4.39 Å². The first-order chi connectivity index (χ1) is 6.64. The van der Waals surface area contributed by atoms with Crippen molar-refractivity contribution in [1.82, 2.24) is 0 Å². The van der Waals surface area contributed by atoms with Crippen LogP contribution in [-0.4, -0.2) is 12.2 Å². The molecule has 0 aromatic heterocycles. The van der Waals surface area contributed by atoms with E-state index in [1.165, 1.54) is 5.56 Å². The third-order valence-electron chi connectivity index (χ3n) is 2.92. The summed E-state index contributed by atoms with van der Waals surface area (Å²) in [5, 5.41) is 0.665. The number of alkyl halides is 1. The smallest absolute Gasteiger partial charge is 0.127 e. The lowest BCUT2D eigenvalue weighted by Crippen LogP contribution is -2.38. The molecule has 1 nitrogen and oxygen atoms in total. The van der Waals surface area contributed by atoms with Crippen molar-refractivity contribution in [2.75, 3.05) is 6.54 Å². The van der Waals surface area contributed by atoms with Gasteiger partial charge in [0.2, 0.25) is 0 Å². The Morgan fingerprint density at radius 3 is 3.00 bits per heavy atom. The molecule has 0 heterocycles. The Morgan fingerprint density at radius 1 is 1.50 bits per heavy atom. The van der Waals surface area contributed by atoms with Gasteiger partial charge in [-0.1, -0.05) is 23.7 Å². The predicted octanol–water partition coefficient (Wildman–Crippen LogP) is 2.50. The Hall–Kier alpha value is -0.600. The van der Waals surface area contributed by atoms with Crippen LogP contribution in [0.5, 0.6) is 0 Å². The van der Waals surface area contributed by atoms with Gasteiger partial charge < -0.3 is 5.73 Å². The SMILES string of the molecule is NCC1(F)CCc2cccc(Cl)c2C1. The van der Waals surface area contributed by atoms with E-state index in [9.17, 15) is 4.39 Å². The van der Waals surface area contributed by atoms with Crippen LogP contribution in [0.15, 0.2) is 18.2 Å². The molecule has 0 fully saturated rings. The van der Waals surface area contributed by atoms with Gasteiger partial charge in [-0.2, -0.15) is 0 Å². The average molecular weight is 214 g/mol. The third-order valence-corrected chi connectivity index (χ3v) is 3.27. The minimum absolute atomic E-state index is 0.0810. The van der Waals surface area contributed by atoms with Crippen LogP contribution >= 0.6 is 11.6 Å². The summed E-state index contributed by atoms with van der Waals surface area (Å²) in [6, 6.07) is 5.73. The second kappa shape index (κ2) is 3.52. The van der Waals surface area contributed by atoms with Gasteiger partial charge in [-0.05, 0) is 30.0 Å². The highest BCUT2D eigenvalue weighted by atomic mass is 35.5. The maximum Gasteiger partial charge on any atom is 0.127 e.